The Balaban J connectivity index is 1.94. The summed E-state index contributed by atoms with van der Waals surface area (Å²) < 4.78 is 18.1. The minimum atomic E-state index is -0.329. The van der Waals surface area contributed by atoms with Crippen LogP contribution in [-0.2, 0) is 0 Å². The van der Waals surface area contributed by atoms with Crippen LogP contribution in [0.2, 0.25) is 0 Å². The van der Waals surface area contributed by atoms with Crippen molar-refractivity contribution >= 4 is 34.6 Å². The first-order chi connectivity index (χ1) is 9.70. The second-order valence-electron chi connectivity index (χ2n) is 3.98. The number of amides is 1. The number of benzene rings is 1. The predicted octanol–water partition coefficient (Wildman–Crippen LogP) is 3.95. The van der Waals surface area contributed by atoms with Crippen LogP contribution in [0, 0.1) is 5.82 Å². The normalized spacial score (nSPS) is 18.8. The van der Waals surface area contributed by atoms with Crippen LogP contribution < -0.4 is 5.32 Å². The molecule has 3 rings (SSSR count). The van der Waals surface area contributed by atoms with Crippen LogP contribution in [-0.4, -0.2) is 11.1 Å². The smallest absolute Gasteiger partial charge is 0.289 e. The fraction of sp³-hybridized carbons (Fsp3) is 0. The van der Waals surface area contributed by atoms with Gasteiger partial charge in [-0.1, -0.05) is 0 Å². The fourth-order valence-electron chi connectivity index (χ4n) is 1.66. The molecule has 1 amide bonds. The molecule has 0 radical (unpaired) electrons. The number of hydrogen-bond donors (Lipinski definition) is 1. The number of furan rings is 1. The molecule has 1 aliphatic rings. The van der Waals surface area contributed by atoms with Gasteiger partial charge in [-0.3, -0.25) is 4.79 Å². The van der Waals surface area contributed by atoms with Gasteiger partial charge in [0.05, 0.1) is 16.9 Å². The van der Waals surface area contributed by atoms with Gasteiger partial charge in [-0.2, -0.15) is 0 Å². The van der Waals surface area contributed by atoms with Gasteiger partial charge in [0.2, 0.25) is 0 Å². The molecule has 0 saturated carbocycles. The molecule has 1 saturated heterocycles. The van der Waals surface area contributed by atoms with Gasteiger partial charge in [-0.25, -0.2) is 9.38 Å². The van der Waals surface area contributed by atoms with Crippen molar-refractivity contribution < 1.29 is 13.6 Å². The average molecular weight is 288 g/mol. The number of halogens is 1. The molecule has 1 aliphatic heterocycles. The van der Waals surface area contributed by atoms with Crippen molar-refractivity contribution in [2.24, 2.45) is 4.99 Å². The zero-order chi connectivity index (χ0) is 13.9. The molecule has 0 atom stereocenters. The lowest BCUT2D eigenvalue weighted by atomic mass is 10.3. The van der Waals surface area contributed by atoms with E-state index in [0.717, 1.165) is 11.8 Å². The van der Waals surface area contributed by atoms with Crippen molar-refractivity contribution in [2.75, 3.05) is 0 Å². The summed E-state index contributed by atoms with van der Waals surface area (Å²) in [4.78, 5) is 16.4. The van der Waals surface area contributed by atoms with E-state index >= 15 is 0 Å². The maximum atomic E-state index is 12.8. The van der Waals surface area contributed by atoms with Crippen molar-refractivity contribution in [1.29, 1.82) is 0 Å². The van der Waals surface area contributed by atoms with Gasteiger partial charge in [-0.15, -0.1) is 0 Å². The number of thioether (sulfide) groups is 1. The van der Waals surface area contributed by atoms with E-state index in [2.05, 4.69) is 10.3 Å². The first-order valence-corrected chi connectivity index (χ1v) is 6.61. The van der Waals surface area contributed by atoms with Crippen molar-refractivity contribution in [3.05, 3.63) is 59.1 Å². The number of rotatable bonds is 2. The van der Waals surface area contributed by atoms with Crippen LogP contribution in [0.1, 0.15) is 5.76 Å². The van der Waals surface area contributed by atoms with E-state index in [1.807, 2.05) is 0 Å². The van der Waals surface area contributed by atoms with Gasteiger partial charge < -0.3 is 9.73 Å². The van der Waals surface area contributed by atoms with E-state index in [9.17, 15) is 9.18 Å². The van der Waals surface area contributed by atoms with Crippen LogP contribution in [0.5, 0.6) is 0 Å². The van der Waals surface area contributed by atoms with Gasteiger partial charge >= 0.3 is 0 Å². The number of carbonyl (C=O) groups excluding carboxylic acids is 1. The Hall–Kier alpha value is -2.34. The highest BCUT2D eigenvalue weighted by molar-refractivity contribution is 8.18. The lowest BCUT2D eigenvalue weighted by molar-refractivity contribution is 0.265. The number of hydrogen-bond acceptors (Lipinski definition) is 4. The molecule has 2 heterocycles. The number of nitrogens with one attached hydrogen (secondary N) is 1. The molecule has 1 fully saturated rings. The minimum absolute atomic E-state index is 0.205. The standard InChI is InChI=1S/C14H9FN2O2S/c15-9-3-5-10(6-4-9)16-13-12(20-14(18)17-13)8-11-2-1-7-19-11/h1-8H,(H,16,17,18)/b12-8-. The highest BCUT2D eigenvalue weighted by atomic mass is 32.2. The number of nitrogens with zero attached hydrogens (tertiary/aromatic N) is 1. The van der Waals surface area contributed by atoms with Crippen molar-refractivity contribution in [1.82, 2.24) is 5.32 Å². The molecule has 4 nitrogen and oxygen atoms in total. The van der Waals surface area contributed by atoms with Crippen LogP contribution >= 0.6 is 11.8 Å². The molecule has 6 heteroatoms. The molecule has 0 bridgehead atoms. The Kier molecular flexibility index (Phi) is 3.39. The molecule has 0 aliphatic carbocycles. The van der Waals surface area contributed by atoms with Crippen LogP contribution in [0.4, 0.5) is 14.9 Å². The van der Waals surface area contributed by atoms with Gasteiger partial charge in [-0.05, 0) is 54.2 Å². The number of amidine groups is 1. The zero-order valence-electron chi connectivity index (χ0n) is 10.2. The van der Waals surface area contributed by atoms with Gasteiger partial charge in [0, 0.05) is 0 Å². The van der Waals surface area contributed by atoms with Crippen molar-refractivity contribution in [2.45, 2.75) is 0 Å². The number of carbonyl (C=O) groups is 1. The molecule has 0 spiro atoms. The molecule has 1 aromatic carbocycles. The summed E-state index contributed by atoms with van der Waals surface area (Å²) in [6, 6.07) is 9.27. The van der Waals surface area contributed by atoms with E-state index < -0.39 is 0 Å². The molecular formula is C14H9FN2O2S. The third-order valence-corrected chi connectivity index (χ3v) is 3.36. The van der Waals surface area contributed by atoms with Gasteiger partial charge in [0.15, 0.2) is 0 Å². The zero-order valence-corrected chi connectivity index (χ0v) is 11.0. The molecule has 2 aromatic rings. The maximum Gasteiger partial charge on any atom is 0.289 e. The third kappa shape index (κ3) is 2.80. The molecule has 0 unspecified atom stereocenters. The quantitative estimate of drug-likeness (QED) is 0.910. The Morgan fingerprint density at radius 2 is 2.05 bits per heavy atom. The summed E-state index contributed by atoms with van der Waals surface area (Å²) in [5, 5.41) is 2.44. The van der Waals surface area contributed by atoms with Crippen LogP contribution in [0.25, 0.3) is 6.08 Å². The van der Waals surface area contributed by atoms with Crippen molar-refractivity contribution in [3.63, 3.8) is 0 Å². The topological polar surface area (TPSA) is 54.6 Å². The van der Waals surface area contributed by atoms with Crippen molar-refractivity contribution in [3.8, 4) is 0 Å². The average Bonchev–Trinajstić information content (AvgIpc) is 3.03. The van der Waals surface area contributed by atoms with Crippen LogP contribution in [0.15, 0.2) is 57.0 Å². The van der Waals surface area contributed by atoms with E-state index in [-0.39, 0.29) is 11.1 Å². The fourth-order valence-corrected chi connectivity index (χ4v) is 2.38. The summed E-state index contributed by atoms with van der Waals surface area (Å²) in [7, 11) is 0. The first kappa shape index (κ1) is 12.7. The Bertz CT molecular complexity index is 690. The molecule has 1 N–H and O–H groups in total. The summed E-state index contributed by atoms with van der Waals surface area (Å²) in [6.07, 6.45) is 3.28. The molecule has 20 heavy (non-hydrogen) atoms. The second-order valence-corrected chi connectivity index (χ2v) is 4.99. The summed E-state index contributed by atoms with van der Waals surface area (Å²) >= 11 is 1.04. The third-order valence-electron chi connectivity index (χ3n) is 2.54. The summed E-state index contributed by atoms with van der Waals surface area (Å²) in [6.45, 7) is 0. The maximum absolute atomic E-state index is 12.8. The molecule has 1 aromatic heterocycles. The molecule has 100 valence electrons. The monoisotopic (exact) mass is 288 g/mol. The van der Waals surface area contributed by atoms with E-state index in [0.29, 0.717) is 22.2 Å². The lowest BCUT2D eigenvalue weighted by Gasteiger charge is -1.99. The lowest BCUT2D eigenvalue weighted by Crippen LogP contribution is -2.18. The predicted molar refractivity (Wildman–Crippen MR) is 76.3 cm³/mol. The van der Waals surface area contributed by atoms with E-state index in [1.54, 1.807) is 36.6 Å². The van der Waals surface area contributed by atoms with E-state index in [4.69, 9.17) is 4.42 Å². The summed E-state index contributed by atoms with van der Waals surface area (Å²) in [5.41, 5.74) is 0.564. The van der Waals surface area contributed by atoms with Crippen LogP contribution in [0.3, 0.4) is 0 Å². The summed E-state index contributed by atoms with van der Waals surface area (Å²) in [5.74, 6) is 0.740. The molecular weight excluding hydrogens is 279 g/mol. The van der Waals surface area contributed by atoms with Gasteiger partial charge in [0.1, 0.15) is 17.4 Å². The number of aliphatic imine (C=N–C) groups is 1. The first-order valence-electron chi connectivity index (χ1n) is 5.79. The highest BCUT2D eigenvalue weighted by Gasteiger charge is 2.23. The SMILES string of the molecule is O=C1NC(=Nc2ccc(F)cc2)/C(=C/c2ccco2)S1. The minimum Gasteiger partial charge on any atom is -0.465 e. The Morgan fingerprint density at radius 3 is 2.75 bits per heavy atom. The van der Waals surface area contributed by atoms with Gasteiger partial charge in [0.25, 0.3) is 5.24 Å². The second kappa shape index (κ2) is 5.34. The Labute approximate surface area is 118 Å². The largest absolute Gasteiger partial charge is 0.465 e. The highest BCUT2D eigenvalue weighted by Crippen LogP contribution is 2.28. The Morgan fingerprint density at radius 1 is 1.25 bits per heavy atom. The van der Waals surface area contributed by atoms with E-state index in [1.165, 1.54) is 12.1 Å².